The summed E-state index contributed by atoms with van der Waals surface area (Å²) in [6.45, 7) is 0.117. The zero-order valence-electron chi connectivity index (χ0n) is 16.6. The van der Waals surface area contributed by atoms with Crippen LogP contribution in [0.3, 0.4) is 0 Å². The number of nitrogens with zero attached hydrogens (tertiary/aromatic N) is 2. The van der Waals surface area contributed by atoms with Gasteiger partial charge < -0.3 is 19.5 Å². The number of nitrogens with one attached hydrogen (secondary N) is 1. The number of aromatic nitrogens is 1. The maximum Gasteiger partial charge on any atom is 0.339 e. The fourth-order valence-electron chi connectivity index (χ4n) is 3.82. The second-order valence-corrected chi connectivity index (χ2v) is 9.88. The predicted molar refractivity (Wildman–Crippen MR) is 108 cm³/mol. The van der Waals surface area contributed by atoms with Crippen molar-refractivity contribution >= 4 is 27.4 Å². The molecule has 1 amide bonds. The Morgan fingerprint density at radius 3 is 2.45 bits per heavy atom. The molecule has 1 saturated heterocycles. The summed E-state index contributed by atoms with van der Waals surface area (Å²) in [5, 5.41) is 2.96. The molecule has 0 bridgehead atoms. The van der Waals surface area contributed by atoms with E-state index in [0.29, 0.717) is 0 Å². The van der Waals surface area contributed by atoms with Crippen molar-refractivity contribution in [1.29, 1.82) is 0 Å². The molecule has 0 aromatic carbocycles. The lowest BCUT2D eigenvalue weighted by atomic mass is 9.95. The number of hydrogen-bond donors (Lipinski definition) is 1. The van der Waals surface area contributed by atoms with Gasteiger partial charge in [-0.05, 0) is 18.9 Å². The van der Waals surface area contributed by atoms with E-state index in [1.165, 1.54) is 30.4 Å². The number of pyridine rings is 1. The number of carbonyl (C=O) groups is 2. The molecule has 29 heavy (non-hydrogen) atoms. The van der Waals surface area contributed by atoms with Gasteiger partial charge in [0.05, 0.1) is 24.2 Å². The van der Waals surface area contributed by atoms with E-state index in [-0.39, 0.29) is 54.3 Å². The molecular formula is C19H27N3O6S. The highest BCUT2D eigenvalue weighted by Crippen LogP contribution is 2.18. The molecule has 160 valence electrons. The van der Waals surface area contributed by atoms with Crippen LogP contribution in [0.4, 0.5) is 5.69 Å². The van der Waals surface area contributed by atoms with Crippen LogP contribution in [0, 0.1) is 0 Å². The Balaban J connectivity index is 1.84. The summed E-state index contributed by atoms with van der Waals surface area (Å²) in [5.74, 6) is -1.03. The lowest BCUT2D eigenvalue weighted by molar-refractivity contribution is -0.122. The van der Waals surface area contributed by atoms with Gasteiger partial charge in [-0.25, -0.2) is 13.2 Å². The maximum atomic E-state index is 13.0. The average molecular weight is 426 g/mol. The van der Waals surface area contributed by atoms with Gasteiger partial charge >= 0.3 is 5.97 Å². The first-order chi connectivity index (χ1) is 13.8. The van der Waals surface area contributed by atoms with Crippen molar-refractivity contribution in [2.24, 2.45) is 0 Å². The second-order valence-electron chi connectivity index (χ2n) is 7.58. The van der Waals surface area contributed by atoms with Gasteiger partial charge in [0.1, 0.15) is 12.2 Å². The summed E-state index contributed by atoms with van der Waals surface area (Å²) in [5.41, 5.74) is -0.0926. The van der Waals surface area contributed by atoms with E-state index in [0.717, 1.165) is 25.7 Å². The Hall–Kier alpha value is -2.36. The van der Waals surface area contributed by atoms with Crippen molar-refractivity contribution in [2.45, 2.75) is 44.7 Å². The van der Waals surface area contributed by atoms with Gasteiger partial charge in [0, 0.05) is 25.3 Å². The molecule has 1 N–H and O–H groups in total. The number of ether oxygens (including phenoxy) is 1. The van der Waals surface area contributed by atoms with Gasteiger partial charge in [0.2, 0.25) is 5.91 Å². The van der Waals surface area contributed by atoms with E-state index >= 15 is 0 Å². The molecule has 2 heterocycles. The number of rotatable bonds is 5. The van der Waals surface area contributed by atoms with Crippen LogP contribution in [-0.4, -0.2) is 62.6 Å². The van der Waals surface area contributed by atoms with Crippen LogP contribution >= 0.6 is 0 Å². The summed E-state index contributed by atoms with van der Waals surface area (Å²) < 4.78 is 29.4. The maximum absolute atomic E-state index is 13.0. The Morgan fingerprint density at radius 2 is 1.83 bits per heavy atom. The van der Waals surface area contributed by atoms with Crippen LogP contribution < -0.4 is 15.8 Å². The van der Waals surface area contributed by atoms with Crippen molar-refractivity contribution < 1.29 is 22.7 Å². The van der Waals surface area contributed by atoms with E-state index in [9.17, 15) is 22.8 Å². The number of amides is 1. The van der Waals surface area contributed by atoms with Gasteiger partial charge in [-0.1, -0.05) is 19.3 Å². The number of sulfone groups is 1. The van der Waals surface area contributed by atoms with Crippen molar-refractivity contribution in [1.82, 2.24) is 9.88 Å². The van der Waals surface area contributed by atoms with Crippen LogP contribution in [0.5, 0.6) is 0 Å². The summed E-state index contributed by atoms with van der Waals surface area (Å²) in [6, 6.07) is 1.52. The van der Waals surface area contributed by atoms with Crippen LogP contribution in [-0.2, 0) is 25.9 Å². The van der Waals surface area contributed by atoms with Gasteiger partial charge in [-0.2, -0.15) is 0 Å². The largest absolute Gasteiger partial charge is 0.465 e. The fraction of sp³-hybridized carbons (Fsp3) is 0.632. The molecule has 9 nitrogen and oxygen atoms in total. The van der Waals surface area contributed by atoms with Crippen molar-refractivity contribution in [2.75, 3.05) is 36.6 Å². The smallest absolute Gasteiger partial charge is 0.339 e. The summed E-state index contributed by atoms with van der Waals surface area (Å²) in [7, 11) is -1.88. The molecule has 0 unspecified atom stereocenters. The van der Waals surface area contributed by atoms with E-state index in [2.05, 4.69) is 5.32 Å². The number of esters is 1. The molecule has 1 aliphatic carbocycles. The molecule has 2 fully saturated rings. The zero-order valence-corrected chi connectivity index (χ0v) is 17.4. The third-order valence-electron chi connectivity index (χ3n) is 5.46. The minimum atomic E-state index is -3.12. The number of hydrogen-bond acceptors (Lipinski definition) is 7. The number of anilines is 1. The van der Waals surface area contributed by atoms with Crippen molar-refractivity contribution in [3.63, 3.8) is 0 Å². The first-order valence-corrected chi connectivity index (χ1v) is 11.7. The molecule has 0 spiro atoms. The lowest BCUT2D eigenvalue weighted by Crippen LogP contribution is -2.44. The molecule has 0 atom stereocenters. The SMILES string of the molecule is COC(=O)c1cc(N2CCS(=O)(=O)CC2)c(=O)n(CC(=O)NC2CCCCC2)c1. The Morgan fingerprint density at radius 1 is 1.17 bits per heavy atom. The first kappa shape index (κ1) is 21.4. The Kier molecular flexibility index (Phi) is 6.61. The minimum Gasteiger partial charge on any atom is -0.465 e. The van der Waals surface area contributed by atoms with Crippen LogP contribution in [0.1, 0.15) is 42.5 Å². The van der Waals surface area contributed by atoms with Gasteiger partial charge in [-0.3, -0.25) is 9.59 Å². The Labute approximate surface area is 169 Å². The van der Waals surface area contributed by atoms with Gasteiger partial charge in [0.15, 0.2) is 9.84 Å². The molecule has 1 aromatic rings. The topological polar surface area (TPSA) is 115 Å². The standard InChI is InChI=1S/C19H27N3O6S/c1-28-19(25)14-11-16(21-7-9-29(26,27)10-8-21)18(24)22(12-14)13-17(23)20-15-5-3-2-4-6-15/h11-12,15H,2-10,13H2,1H3,(H,20,23). The van der Waals surface area contributed by atoms with Crippen molar-refractivity contribution in [3.05, 3.63) is 28.2 Å². The summed E-state index contributed by atoms with van der Waals surface area (Å²) in [6.07, 6.45) is 6.49. The van der Waals surface area contributed by atoms with Crippen LogP contribution in [0.15, 0.2) is 17.1 Å². The first-order valence-electron chi connectivity index (χ1n) is 9.86. The Bertz CT molecular complexity index is 920. The molecule has 1 aliphatic heterocycles. The monoisotopic (exact) mass is 425 g/mol. The summed E-state index contributed by atoms with van der Waals surface area (Å²) in [4.78, 5) is 39.1. The fourth-order valence-corrected chi connectivity index (χ4v) is 5.02. The molecule has 1 aromatic heterocycles. The zero-order chi connectivity index (χ0) is 21.0. The minimum absolute atomic E-state index is 0.0585. The van der Waals surface area contributed by atoms with E-state index in [4.69, 9.17) is 4.74 Å². The third kappa shape index (κ3) is 5.37. The van der Waals surface area contributed by atoms with Gasteiger partial charge in [-0.15, -0.1) is 0 Å². The molecular weight excluding hydrogens is 398 g/mol. The molecule has 2 aliphatic rings. The molecule has 3 rings (SSSR count). The van der Waals surface area contributed by atoms with E-state index < -0.39 is 21.4 Å². The van der Waals surface area contributed by atoms with Crippen molar-refractivity contribution in [3.8, 4) is 0 Å². The van der Waals surface area contributed by atoms with Crippen LogP contribution in [0.25, 0.3) is 0 Å². The van der Waals surface area contributed by atoms with Crippen LogP contribution in [0.2, 0.25) is 0 Å². The van der Waals surface area contributed by atoms with E-state index in [1.807, 2.05) is 0 Å². The highest BCUT2D eigenvalue weighted by Gasteiger charge is 2.26. The van der Waals surface area contributed by atoms with E-state index in [1.54, 1.807) is 4.90 Å². The molecule has 0 radical (unpaired) electrons. The molecule has 10 heteroatoms. The number of methoxy groups -OCH3 is 1. The number of carbonyl (C=O) groups excluding carboxylic acids is 2. The highest BCUT2D eigenvalue weighted by atomic mass is 32.2. The second kappa shape index (κ2) is 8.98. The average Bonchev–Trinajstić information content (AvgIpc) is 2.70. The highest BCUT2D eigenvalue weighted by molar-refractivity contribution is 7.91. The quantitative estimate of drug-likeness (QED) is 0.676. The predicted octanol–water partition coefficient (Wildman–Crippen LogP) is 0.319. The lowest BCUT2D eigenvalue weighted by Gasteiger charge is -2.29. The third-order valence-corrected chi connectivity index (χ3v) is 7.07. The normalized spacial score (nSPS) is 19.6. The molecule has 1 saturated carbocycles. The van der Waals surface area contributed by atoms with Gasteiger partial charge in [0.25, 0.3) is 5.56 Å². The summed E-state index contributed by atoms with van der Waals surface area (Å²) >= 11 is 0.